The van der Waals surface area contributed by atoms with Crippen molar-refractivity contribution in [1.29, 1.82) is 0 Å². The number of fused-ring (bicyclic) bond motifs is 1. The molecule has 0 aliphatic carbocycles. The Hall–Kier alpha value is -2.86. The maximum Gasteiger partial charge on any atom is 0.331 e. The lowest BCUT2D eigenvalue weighted by molar-refractivity contribution is -0.692. The maximum absolute atomic E-state index is 11.0. The molecular formula is C22H29N4O3P+2. The Kier molecular flexibility index (Phi) is 7.62. The molecule has 3 aromatic heterocycles. The Balaban J connectivity index is 0.00000160. The van der Waals surface area contributed by atoms with E-state index >= 15 is 0 Å². The second kappa shape index (κ2) is 9.76. The van der Waals surface area contributed by atoms with Gasteiger partial charge in [-0.05, 0) is 23.3 Å². The zero-order valence-corrected chi connectivity index (χ0v) is 16.0. The van der Waals surface area contributed by atoms with Gasteiger partial charge in [-0.3, -0.25) is 4.57 Å². The third-order valence-corrected chi connectivity index (χ3v) is 5.32. The number of hydrogen-bond donors (Lipinski definition) is 3. The molecule has 4 rings (SSSR count). The topological polar surface area (TPSA) is 94.0 Å². The van der Waals surface area contributed by atoms with Crippen LogP contribution in [0.5, 0.6) is 0 Å². The molecule has 7 nitrogen and oxygen atoms in total. The van der Waals surface area contributed by atoms with Gasteiger partial charge in [-0.15, -0.1) is 0 Å². The van der Waals surface area contributed by atoms with E-state index in [-0.39, 0.29) is 27.6 Å². The van der Waals surface area contributed by atoms with E-state index < -0.39 is 7.60 Å². The van der Waals surface area contributed by atoms with Gasteiger partial charge in [-0.2, -0.15) is 4.57 Å². The average molecular weight is 428 g/mol. The van der Waals surface area contributed by atoms with Crippen molar-refractivity contribution in [2.24, 2.45) is 0 Å². The number of H-pyrrole nitrogens is 1. The summed E-state index contributed by atoms with van der Waals surface area (Å²) in [6, 6.07) is 15.9. The normalized spacial score (nSPS) is 11.0. The molecule has 4 aromatic rings. The van der Waals surface area contributed by atoms with E-state index in [1.807, 2.05) is 73.3 Å². The third kappa shape index (κ3) is 5.83. The van der Waals surface area contributed by atoms with Crippen LogP contribution in [0.1, 0.15) is 20.7 Å². The zero-order valence-electron chi connectivity index (χ0n) is 15.1. The van der Waals surface area contributed by atoms with Gasteiger partial charge < -0.3 is 14.8 Å². The summed E-state index contributed by atoms with van der Waals surface area (Å²) in [6.45, 7) is 0.947. The fourth-order valence-corrected chi connectivity index (χ4v) is 3.54. The number of pyridine rings is 2. The highest BCUT2D eigenvalue weighted by Gasteiger charge is 2.16. The Morgan fingerprint density at radius 1 is 0.867 bits per heavy atom. The van der Waals surface area contributed by atoms with Crippen LogP contribution in [0.15, 0.2) is 73.3 Å². The van der Waals surface area contributed by atoms with Crippen molar-refractivity contribution in [1.82, 2.24) is 9.97 Å². The van der Waals surface area contributed by atoms with E-state index in [0.717, 1.165) is 28.0 Å². The molecule has 3 N–H and O–H groups in total. The second-order valence-corrected chi connectivity index (χ2v) is 8.45. The van der Waals surface area contributed by atoms with E-state index in [2.05, 4.69) is 14.5 Å². The minimum atomic E-state index is -3.98. The summed E-state index contributed by atoms with van der Waals surface area (Å²) in [6.07, 6.45) is 7.53. The summed E-state index contributed by atoms with van der Waals surface area (Å²) < 4.78 is 14.8. The van der Waals surface area contributed by atoms with Crippen LogP contribution in [-0.4, -0.2) is 25.9 Å². The number of aromatic amines is 1. The number of aryl methyl sites for hydroxylation is 1. The molecular weight excluding hydrogens is 399 g/mol. The number of rotatable bonds is 6. The SMILES string of the molecule is C.C.O=P(O)(O)CC[n+]1ccc(-c2cc[n+](Cc3nc4ccccc4[nH]3)cc2)cc1. The number of para-hydroxylation sites is 2. The van der Waals surface area contributed by atoms with Gasteiger partial charge in [0.15, 0.2) is 37.2 Å². The summed E-state index contributed by atoms with van der Waals surface area (Å²) in [5, 5.41) is 0. The first-order valence-electron chi connectivity index (χ1n) is 8.93. The first-order chi connectivity index (χ1) is 13.5. The van der Waals surface area contributed by atoms with E-state index in [0.29, 0.717) is 6.54 Å². The molecule has 3 heterocycles. The Morgan fingerprint density at radius 3 is 2.00 bits per heavy atom. The van der Waals surface area contributed by atoms with Gasteiger partial charge in [0.05, 0.1) is 11.0 Å². The number of hydrogen-bond acceptors (Lipinski definition) is 2. The lowest BCUT2D eigenvalue weighted by Gasteiger charge is -2.02. The van der Waals surface area contributed by atoms with Crippen molar-refractivity contribution in [3.05, 3.63) is 79.1 Å². The lowest BCUT2D eigenvalue weighted by Crippen LogP contribution is -2.34. The van der Waals surface area contributed by atoms with E-state index in [1.54, 1.807) is 4.57 Å². The molecule has 0 bridgehead atoms. The third-order valence-electron chi connectivity index (χ3n) is 4.54. The Bertz CT molecular complexity index is 1100. The van der Waals surface area contributed by atoms with Crippen molar-refractivity contribution in [3.8, 4) is 11.1 Å². The van der Waals surface area contributed by atoms with Gasteiger partial charge in [0.1, 0.15) is 6.16 Å². The minimum Gasteiger partial charge on any atom is -0.337 e. The molecule has 0 amide bonds. The summed E-state index contributed by atoms with van der Waals surface area (Å²) in [5.41, 5.74) is 4.11. The van der Waals surface area contributed by atoms with E-state index in [1.165, 1.54) is 0 Å². The number of aromatic nitrogens is 4. The molecule has 1 aromatic carbocycles. The summed E-state index contributed by atoms with van der Waals surface area (Å²) >= 11 is 0. The first kappa shape index (κ1) is 23.4. The van der Waals surface area contributed by atoms with Crippen molar-refractivity contribution < 1.29 is 23.5 Å². The molecule has 158 valence electrons. The number of nitrogens with zero attached hydrogens (tertiary/aromatic N) is 3. The van der Waals surface area contributed by atoms with Gasteiger partial charge in [0, 0.05) is 24.3 Å². The van der Waals surface area contributed by atoms with Crippen LogP contribution in [0.25, 0.3) is 22.2 Å². The van der Waals surface area contributed by atoms with Crippen LogP contribution in [0.4, 0.5) is 0 Å². The molecule has 0 unspecified atom stereocenters. The van der Waals surface area contributed by atoms with Crippen LogP contribution in [0, 0.1) is 0 Å². The van der Waals surface area contributed by atoms with Gasteiger partial charge in [-0.1, -0.05) is 27.0 Å². The molecule has 0 fully saturated rings. The van der Waals surface area contributed by atoms with Crippen molar-refractivity contribution >= 4 is 18.6 Å². The van der Waals surface area contributed by atoms with Crippen molar-refractivity contribution in [3.63, 3.8) is 0 Å². The van der Waals surface area contributed by atoms with E-state index in [4.69, 9.17) is 9.79 Å². The predicted octanol–water partition coefficient (Wildman–Crippen LogP) is 3.30. The molecule has 8 heteroatoms. The van der Waals surface area contributed by atoms with Gasteiger partial charge in [0.25, 0.3) is 0 Å². The highest BCUT2D eigenvalue weighted by atomic mass is 31.2. The summed E-state index contributed by atoms with van der Waals surface area (Å²) in [7, 11) is -3.98. The molecule has 0 saturated carbocycles. The molecule has 0 saturated heterocycles. The second-order valence-electron chi connectivity index (χ2n) is 6.67. The van der Waals surface area contributed by atoms with Gasteiger partial charge in [0.2, 0.25) is 6.54 Å². The standard InChI is InChI=1S/C20H19N4O3P.2CH4/c25-28(26,27)14-13-23-9-5-16(6-10-23)17-7-11-24(12-8-17)15-20-21-18-3-1-2-4-19(18)22-20;;/h1-12H,13-15H2,(H-,25,26,27);2*1H4/p+2. The number of imidazole rings is 1. The van der Waals surface area contributed by atoms with Crippen LogP contribution in [-0.2, 0) is 17.7 Å². The molecule has 0 aliphatic rings. The number of nitrogens with one attached hydrogen (secondary N) is 1. The van der Waals surface area contributed by atoms with Crippen molar-refractivity contribution in [2.75, 3.05) is 6.16 Å². The minimum absolute atomic E-state index is 0. The smallest absolute Gasteiger partial charge is 0.331 e. The molecule has 0 radical (unpaired) electrons. The van der Waals surface area contributed by atoms with Gasteiger partial charge >= 0.3 is 7.60 Å². The van der Waals surface area contributed by atoms with Crippen LogP contribution in [0.2, 0.25) is 0 Å². The lowest BCUT2D eigenvalue weighted by atomic mass is 10.1. The molecule has 0 spiro atoms. The molecule has 0 aliphatic heterocycles. The maximum atomic E-state index is 11.0. The van der Waals surface area contributed by atoms with Crippen LogP contribution in [0.3, 0.4) is 0 Å². The fourth-order valence-electron chi connectivity index (χ4n) is 3.05. The molecule has 30 heavy (non-hydrogen) atoms. The zero-order chi connectivity index (χ0) is 19.6. The Morgan fingerprint density at radius 2 is 1.43 bits per heavy atom. The summed E-state index contributed by atoms with van der Waals surface area (Å²) in [5.74, 6) is 0.907. The highest BCUT2D eigenvalue weighted by Crippen LogP contribution is 2.33. The van der Waals surface area contributed by atoms with Crippen LogP contribution < -0.4 is 9.13 Å². The largest absolute Gasteiger partial charge is 0.337 e. The van der Waals surface area contributed by atoms with E-state index in [9.17, 15) is 4.57 Å². The predicted molar refractivity (Wildman–Crippen MR) is 118 cm³/mol. The highest BCUT2D eigenvalue weighted by molar-refractivity contribution is 7.51. The quantitative estimate of drug-likeness (QED) is 0.324. The van der Waals surface area contributed by atoms with Gasteiger partial charge in [-0.25, -0.2) is 9.55 Å². The van der Waals surface area contributed by atoms with Crippen molar-refractivity contribution in [2.45, 2.75) is 27.9 Å². The fraction of sp³-hybridized carbons (Fsp3) is 0.227. The monoisotopic (exact) mass is 428 g/mol. The van der Waals surface area contributed by atoms with Crippen LogP contribution >= 0.6 is 7.60 Å². The average Bonchev–Trinajstić information content (AvgIpc) is 3.09. The summed E-state index contributed by atoms with van der Waals surface area (Å²) in [4.78, 5) is 25.9. The first-order valence-corrected chi connectivity index (χ1v) is 10.7. The molecule has 0 atom stereocenters. The Labute approximate surface area is 176 Å². The number of benzene rings is 1.